The van der Waals surface area contributed by atoms with Crippen LogP contribution in [0, 0.1) is 0 Å². The van der Waals surface area contributed by atoms with E-state index in [1.54, 1.807) is 24.3 Å². The lowest BCUT2D eigenvalue weighted by Gasteiger charge is -2.14. The second-order valence-electron chi connectivity index (χ2n) is 6.24. The molecule has 0 heterocycles. The first-order valence-corrected chi connectivity index (χ1v) is 8.68. The highest BCUT2D eigenvalue weighted by atomic mass is 19.4. The molecule has 0 aliphatic carbocycles. The van der Waals surface area contributed by atoms with Crippen LogP contribution in [0.2, 0.25) is 0 Å². The molecule has 0 aliphatic rings. The monoisotopic (exact) mass is 402 g/mol. The van der Waals surface area contributed by atoms with Crippen molar-refractivity contribution in [2.24, 2.45) is 0 Å². The van der Waals surface area contributed by atoms with Crippen LogP contribution in [0.25, 0.3) is 11.1 Å². The SMILES string of the molecule is O=C(O)Cc1cc(-c2cccc(OC(F)(F)F)c2)ccc1OCc1ccccc1. The molecule has 3 rings (SSSR count). The van der Waals surface area contributed by atoms with E-state index in [0.717, 1.165) is 5.56 Å². The van der Waals surface area contributed by atoms with Crippen LogP contribution in [-0.2, 0) is 17.8 Å². The van der Waals surface area contributed by atoms with E-state index in [1.165, 1.54) is 18.2 Å². The average Bonchev–Trinajstić information content (AvgIpc) is 2.66. The lowest BCUT2D eigenvalue weighted by atomic mass is 10.0. The predicted molar refractivity (Wildman–Crippen MR) is 101 cm³/mol. The van der Waals surface area contributed by atoms with Crippen LogP contribution in [0.4, 0.5) is 13.2 Å². The topological polar surface area (TPSA) is 55.8 Å². The van der Waals surface area contributed by atoms with Gasteiger partial charge in [-0.2, -0.15) is 0 Å². The van der Waals surface area contributed by atoms with Crippen molar-refractivity contribution in [1.29, 1.82) is 0 Å². The Hall–Kier alpha value is -3.48. The van der Waals surface area contributed by atoms with Crippen molar-refractivity contribution in [1.82, 2.24) is 0 Å². The van der Waals surface area contributed by atoms with Gasteiger partial charge in [0.2, 0.25) is 0 Å². The minimum absolute atomic E-state index is 0.266. The van der Waals surface area contributed by atoms with E-state index >= 15 is 0 Å². The molecule has 3 aromatic carbocycles. The van der Waals surface area contributed by atoms with Crippen molar-refractivity contribution in [3.8, 4) is 22.6 Å². The summed E-state index contributed by atoms with van der Waals surface area (Å²) >= 11 is 0. The Labute approximate surface area is 165 Å². The fourth-order valence-corrected chi connectivity index (χ4v) is 2.81. The van der Waals surface area contributed by atoms with Gasteiger partial charge in [-0.05, 0) is 41.0 Å². The molecular weight excluding hydrogens is 385 g/mol. The molecule has 0 saturated heterocycles. The molecule has 29 heavy (non-hydrogen) atoms. The van der Waals surface area contributed by atoms with E-state index in [0.29, 0.717) is 22.4 Å². The Balaban J connectivity index is 1.87. The van der Waals surface area contributed by atoms with Crippen LogP contribution in [0.1, 0.15) is 11.1 Å². The molecule has 0 aliphatic heterocycles. The number of halogens is 3. The second-order valence-corrected chi connectivity index (χ2v) is 6.24. The minimum atomic E-state index is -4.79. The molecule has 0 fully saturated rings. The highest BCUT2D eigenvalue weighted by Gasteiger charge is 2.31. The number of aliphatic carboxylic acids is 1. The normalized spacial score (nSPS) is 11.1. The van der Waals surface area contributed by atoms with E-state index < -0.39 is 12.3 Å². The maximum absolute atomic E-state index is 12.5. The Morgan fingerprint density at radius 3 is 2.31 bits per heavy atom. The smallest absolute Gasteiger partial charge is 0.489 e. The summed E-state index contributed by atoms with van der Waals surface area (Å²) in [5.74, 6) is -0.984. The number of rotatable bonds is 7. The first-order chi connectivity index (χ1) is 13.8. The van der Waals surface area contributed by atoms with Gasteiger partial charge in [0.25, 0.3) is 0 Å². The van der Waals surface area contributed by atoms with Crippen molar-refractivity contribution in [3.63, 3.8) is 0 Å². The maximum Gasteiger partial charge on any atom is 0.573 e. The van der Waals surface area contributed by atoms with Gasteiger partial charge in [0.15, 0.2) is 0 Å². The average molecular weight is 402 g/mol. The molecule has 4 nitrogen and oxygen atoms in total. The molecule has 0 radical (unpaired) electrons. The minimum Gasteiger partial charge on any atom is -0.489 e. The fourth-order valence-electron chi connectivity index (χ4n) is 2.81. The summed E-state index contributed by atoms with van der Waals surface area (Å²) in [6, 6.07) is 19.8. The van der Waals surface area contributed by atoms with Crippen LogP contribution in [0.15, 0.2) is 72.8 Å². The van der Waals surface area contributed by atoms with Gasteiger partial charge in [0.1, 0.15) is 18.1 Å². The third-order valence-corrected chi connectivity index (χ3v) is 4.04. The second kappa shape index (κ2) is 8.68. The number of hydrogen-bond acceptors (Lipinski definition) is 3. The number of carbonyl (C=O) groups is 1. The van der Waals surface area contributed by atoms with Crippen molar-refractivity contribution in [2.45, 2.75) is 19.4 Å². The van der Waals surface area contributed by atoms with E-state index in [-0.39, 0.29) is 18.8 Å². The Morgan fingerprint density at radius 2 is 1.62 bits per heavy atom. The zero-order valence-electron chi connectivity index (χ0n) is 15.1. The molecule has 0 spiro atoms. The van der Waals surface area contributed by atoms with Crippen molar-refractivity contribution >= 4 is 5.97 Å². The number of benzene rings is 3. The molecule has 0 amide bonds. The lowest BCUT2D eigenvalue weighted by Crippen LogP contribution is -2.17. The van der Waals surface area contributed by atoms with Crippen molar-refractivity contribution in [2.75, 3.05) is 0 Å². The molecule has 0 aromatic heterocycles. The number of hydrogen-bond donors (Lipinski definition) is 1. The Morgan fingerprint density at radius 1 is 0.897 bits per heavy atom. The number of carboxylic acids is 1. The van der Waals surface area contributed by atoms with E-state index in [4.69, 9.17) is 4.74 Å². The Kier molecular flexibility index (Phi) is 6.07. The highest BCUT2D eigenvalue weighted by molar-refractivity contribution is 5.74. The van der Waals surface area contributed by atoms with E-state index in [1.807, 2.05) is 30.3 Å². The fraction of sp³-hybridized carbons (Fsp3) is 0.136. The van der Waals surface area contributed by atoms with Gasteiger partial charge >= 0.3 is 12.3 Å². The van der Waals surface area contributed by atoms with Crippen LogP contribution in [0.5, 0.6) is 11.5 Å². The molecule has 3 aromatic rings. The molecule has 0 bridgehead atoms. The van der Waals surface area contributed by atoms with Gasteiger partial charge in [-0.3, -0.25) is 4.79 Å². The Bertz CT molecular complexity index is 985. The summed E-state index contributed by atoms with van der Waals surface area (Å²) in [5, 5.41) is 9.21. The van der Waals surface area contributed by atoms with Gasteiger partial charge in [-0.15, -0.1) is 13.2 Å². The van der Waals surface area contributed by atoms with Crippen molar-refractivity contribution in [3.05, 3.63) is 83.9 Å². The van der Waals surface area contributed by atoms with E-state index in [9.17, 15) is 23.1 Å². The molecule has 1 N–H and O–H groups in total. The summed E-state index contributed by atoms with van der Waals surface area (Å²) in [6.45, 7) is 0.266. The lowest BCUT2D eigenvalue weighted by molar-refractivity contribution is -0.274. The van der Waals surface area contributed by atoms with Gasteiger partial charge in [-0.1, -0.05) is 48.5 Å². The largest absolute Gasteiger partial charge is 0.573 e. The van der Waals surface area contributed by atoms with Crippen LogP contribution < -0.4 is 9.47 Å². The van der Waals surface area contributed by atoms with Crippen LogP contribution >= 0.6 is 0 Å². The quantitative estimate of drug-likeness (QED) is 0.570. The molecule has 150 valence electrons. The molecule has 0 unspecified atom stereocenters. The summed E-state index contributed by atoms with van der Waals surface area (Å²) in [7, 11) is 0. The zero-order valence-corrected chi connectivity index (χ0v) is 15.1. The van der Waals surface area contributed by atoms with Gasteiger partial charge in [-0.25, -0.2) is 0 Å². The highest BCUT2D eigenvalue weighted by Crippen LogP contribution is 2.31. The van der Waals surface area contributed by atoms with Gasteiger partial charge in [0, 0.05) is 5.56 Å². The molecule has 0 saturated carbocycles. The standard InChI is InChI=1S/C22H17F3O4/c23-22(24,25)29-19-8-4-7-16(12-19)17-9-10-20(18(11-17)13-21(26)27)28-14-15-5-2-1-3-6-15/h1-12H,13-14H2,(H,26,27). The predicted octanol–water partition coefficient (Wildman–Crippen LogP) is 5.46. The molecular formula is C22H17F3O4. The summed E-state index contributed by atoms with van der Waals surface area (Å²) in [6.07, 6.45) is -5.07. The first-order valence-electron chi connectivity index (χ1n) is 8.68. The molecule has 7 heteroatoms. The third kappa shape index (κ3) is 6.00. The number of ether oxygens (including phenoxy) is 2. The third-order valence-electron chi connectivity index (χ3n) is 4.04. The number of carboxylic acid groups (broad SMARTS) is 1. The number of alkyl halides is 3. The molecule has 0 atom stereocenters. The summed E-state index contributed by atoms with van der Waals surface area (Å²) in [5.41, 5.74) is 2.37. The van der Waals surface area contributed by atoms with Gasteiger partial charge in [0.05, 0.1) is 6.42 Å². The summed E-state index contributed by atoms with van der Waals surface area (Å²) in [4.78, 5) is 11.3. The summed E-state index contributed by atoms with van der Waals surface area (Å²) < 4.78 is 47.1. The van der Waals surface area contributed by atoms with E-state index in [2.05, 4.69) is 4.74 Å². The van der Waals surface area contributed by atoms with Crippen molar-refractivity contribution < 1.29 is 32.5 Å². The zero-order chi connectivity index (χ0) is 20.9. The van der Waals surface area contributed by atoms with Crippen LogP contribution in [0.3, 0.4) is 0 Å². The van der Waals surface area contributed by atoms with Crippen LogP contribution in [-0.4, -0.2) is 17.4 Å². The maximum atomic E-state index is 12.5. The first kappa shape index (κ1) is 20.3. The van der Waals surface area contributed by atoms with Gasteiger partial charge < -0.3 is 14.6 Å².